The molecule has 0 bridgehead atoms. The number of hydrogen-bond donors (Lipinski definition) is 0. The van der Waals surface area contributed by atoms with Crippen molar-refractivity contribution in [2.45, 2.75) is 96.3 Å². The van der Waals surface area contributed by atoms with E-state index in [4.69, 9.17) is 30.8 Å². The first-order chi connectivity index (χ1) is 23.5. The molecule has 6 nitrogen and oxygen atoms in total. The molecule has 0 saturated heterocycles. The van der Waals surface area contributed by atoms with Gasteiger partial charge in [0.2, 0.25) is 5.69 Å². The smallest absolute Gasteiger partial charge is 0.344 e. The second-order valence-electron chi connectivity index (χ2n) is 13.5. The van der Waals surface area contributed by atoms with Gasteiger partial charge >= 0.3 is 71.4 Å². The molecule has 3 aliphatic rings. The van der Waals surface area contributed by atoms with Gasteiger partial charge in [0.05, 0.1) is 5.41 Å². The van der Waals surface area contributed by atoms with Gasteiger partial charge in [-0.25, -0.2) is 0 Å². The first kappa shape index (κ1) is 46.9. The quantitative estimate of drug-likeness (QED) is 0.153. The van der Waals surface area contributed by atoms with E-state index in [9.17, 15) is 0 Å². The Balaban J connectivity index is 0.00000152. The number of benzene rings is 2. The van der Waals surface area contributed by atoms with Crippen molar-refractivity contribution in [3.63, 3.8) is 0 Å². The minimum atomic E-state index is -0.0529. The van der Waals surface area contributed by atoms with Gasteiger partial charge in [-0.15, -0.1) is 0 Å². The van der Waals surface area contributed by atoms with Crippen molar-refractivity contribution in [2.24, 2.45) is 0 Å². The predicted molar refractivity (Wildman–Crippen MR) is 197 cm³/mol. The number of nitrogens with zero attached hydrogens (tertiary/aromatic N) is 2. The Bertz CT molecular complexity index is 1680. The number of rotatable bonds is 11. The van der Waals surface area contributed by atoms with Gasteiger partial charge < -0.3 is 18.7 Å². The third-order valence-electron chi connectivity index (χ3n) is 9.70. The fourth-order valence-electron chi connectivity index (χ4n) is 7.22. The molecule has 0 N–H and O–H groups in total. The number of carbonyl (C=O) groups excluding carboxylic acids is 4. The van der Waals surface area contributed by atoms with Crippen LogP contribution in [0.25, 0.3) is 0 Å². The van der Waals surface area contributed by atoms with Crippen LogP contribution in [-0.4, -0.2) is 35.7 Å². The first-order valence-corrected chi connectivity index (χ1v) is 17.6. The van der Waals surface area contributed by atoms with E-state index in [1.165, 1.54) is 45.1 Å². The second-order valence-corrected chi connectivity index (χ2v) is 13.9. The van der Waals surface area contributed by atoms with Crippen LogP contribution in [0.1, 0.15) is 96.6 Å². The van der Waals surface area contributed by atoms with Crippen LogP contribution in [0.2, 0.25) is 0 Å². The largest absolute Gasteiger partial charge is 1.00 e. The minimum Gasteiger partial charge on any atom is -0.344 e. The summed E-state index contributed by atoms with van der Waals surface area (Å²) in [5, 5.41) is 0.925. The normalized spacial score (nSPS) is 18.1. The van der Waals surface area contributed by atoms with Crippen LogP contribution in [-0.2, 0) is 30.0 Å². The van der Waals surface area contributed by atoms with Crippen LogP contribution in [0.4, 0.5) is 11.4 Å². The van der Waals surface area contributed by atoms with E-state index in [1.807, 2.05) is 0 Å². The fraction of sp³-hybridized carbons (Fsp3) is 0.405. The Labute approximate surface area is 354 Å². The van der Waals surface area contributed by atoms with E-state index >= 15 is 0 Å². The number of unbranched alkanes of at least 4 members (excludes halogenated alkanes) is 4. The molecule has 0 radical (unpaired) electrons. The van der Waals surface area contributed by atoms with Crippen LogP contribution in [0.5, 0.6) is 0 Å². The van der Waals surface area contributed by atoms with Crippen molar-refractivity contribution >= 4 is 41.0 Å². The molecule has 0 unspecified atom stereocenters. The van der Waals surface area contributed by atoms with Crippen LogP contribution in [0.15, 0.2) is 94.7 Å². The summed E-state index contributed by atoms with van der Waals surface area (Å²) < 4.78 is 2.53. The Morgan fingerprint density at radius 2 is 1.37 bits per heavy atom. The Morgan fingerprint density at radius 1 is 0.784 bits per heavy atom. The summed E-state index contributed by atoms with van der Waals surface area (Å²) in [5.74, 6) is 0. The summed E-state index contributed by atoms with van der Waals surface area (Å²) in [6.07, 6.45) is 19.5. The number of hydrogen-bond acceptors (Lipinski definition) is 5. The predicted octanol–water partition coefficient (Wildman–Crippen LogP) is 3.75. The first-order valence-electron chi connectivity index (χ1n) is 17.2. The number of fused-ring (bicyclic) bond motifs is 2. The van der Waals surface area contributed by atoms with Crippen molar-refractivity contribution in [2.75, 3.05) is 18.0 Å². The van der Waals surface area contributed by atoms with Crippen LogP contribution < -0.4 is 64.0 Å². The summed E-state index contributed by atoms with van der Waals surface area (Å²) >= 11 is 7.20. The summed E-state index contributed by atoms with van der Waals surface area (Å²) in [6, 6.07) is 17.8. The van der Waals surface area contributed by atoms with Gasteiger partial charge in [-0.05, 0) is 68.4 Å². The number of anilines is 1. The molecular formula is C42H50ClN2Na2O4+. The van der Waals surface area contributed by atoms with Gasteiger partial charge in [0.25, 0.3) is 0 Å². The molecule has 0 fully saturated rings. The summed E-state index contributed by atoms with van der Waals surface area (Å²) in [7, 11) is 0. The van der Waals surface area contributed by atoms with Crippen molar-refractivity contribution in [3.8, 4) is 0 Å². The van der Waals surface area contributed by atoms with Gasteiger partial charge in [-0.3, -0.25) is 0 Å². The molecule has 5 rings (SSSR count). The summed E-state index contributed by atoms with van der Waals surface area (Å²) in [6.45, 7) is 19.6. The molecular weight excluding hydrogens is 678 g/mol. The maximum absolute atomic E-state index is 8.12. The average molecular weight is 728 g/mol. The molecule has 2 aromatic carbocycles. The maximum Gasteiger partial charge on any atom is 1.00 e. The Morgan fingerprint density at radius 3 is 2.02 bits per heavy atom. The molecule has 0 amide bonds. The molecule has 2 heterocycles. The molecule has 0 atom stereocenters. The fourth-order valence-corrected chi connectivity index (χ4v) is 7.54. The van der Waals surface area contributed by atoms with Gasteiger partial charge in [0, 0.05) is 52.5 Å². The van der Waals surface area contributed by atoms with Crippen LogP contribution in [0, 0.1) is 13.8 Å². The maximum atomic E-state index is 8.12. The van der Waals surface area contributed by atoms with E-state index in [0.717, 1.165) is 75.9 Å². The summed E-state index contributed by atoms with van der Waals surface area (Å²) in [4.78, 5) is 35.0. The standard InChI is InChI=1S/C40H50ClN2.2CO2.2Na/c1-7-9-15-28-42-34-22-13-11-20-32(34)39(3,4)36(42)26-24-30-18-17-19-31(38(30)41)25-27-37-40(5,6)33-21-12-14-23-35(33)43(37)29-16-10-8-2;2*2-1-3;;/h11-14,20-27H,1-2,7-10,15-19,28-29H2,3-6H3;;;;/q-1;;;2*+1. The molecule has 260 valence electrons. The zero-order valence-electron chi connectivity index (χ0n) is 31.5. The van der Waals surface area contributed by atoms with Gasteiger partial charge in [-0.1, -0.05) is 86.8 Å². The molecule has 51 heavy (non-hydrogen) atoms. The van der Waals surface area contributed by atoms with E-state index in [-0.39, 0.29) is 82.2 Å². The zero-order chi connectivity index (χ0) is 36.0. The molecule has 0 saturated carbocycles. The third kappa shape index (κ3) is 11.5. The van der Waals surface area contributed by atoms with E-state index in [2.05, 4.69) is 124 Å². The van der Waals surface area contributed by atoms with Crippen LogP contribution in [0.3, 0.4) is 0 Å². The van der Waals surface area contributed by atoms with E-state index in [0.29, 0.717) is 0 Å². The number of para-hydroxylation sites is 2. The van der Waals surface area contributed by atoms with Crippen molar-refractivity contribution in [3.05, 3.63) is 120 Å². The Kier molecular flexibility index (Phi) is 21.0. The molecule has 2 aromatic rings. The summed E-state index contributed by atoms with van der Waals surface area (Å²) in [5.41, 5.74) is 10.6. The monoisotopic (exact) mass is 727 g/mol. The van der Waals surface area contributed by atoms with Crippen LogP contribution >= 0.6 is 11.6 Å². The van der Waals surface area contributed by atoms with E-state index < -0.39 is 0 Å². The van der Waals surface area contributed by atoms with Crippen molar-refractivity contribution < 1.29 is 82.9 Å². The van der Waals surface area contributed by atoms with Gasteiger partial charge in [0.15, 0.2) is 5.71 Å². The average Bonchev–Trinajstić information content (AvgIpc) is 3.43. The van der Waals surface area contributed by atoms with E-state index in [1.54, 1.807) is 0 Å². The molecule has 1 aliphatic carbocycles. The molecule has 0 spiro atoms. The SMILES string of the molecule is O=C=O.O=C=O.[CH2-]CCCCN1/C(=C/C=C2\CCCC(/C=C/C3=[N+](CCCC[CH2-])c4ccccc4C3(C)C)=C2Cl)C(C)(C)c2ccccc21.[Na+].[Na+]. The van der Waals surface area contributed by atoms with Gasteiger partial charge in [0.1, 0.15) is 6.54 Å². The number of halogens is 1. The van der Waals surface area contributed by atoms with Crippen molar-refractivity contribution in [1.29, 1.82) is 0 Å². The third-order valence-corrected chi connectivity index (χ3v) is 10.2. The number of allylic oxidation sites excluding steroid dienone is 8. The van der Waals surface area contributed by atoms with Crippen molar-refractivity contribution in [1.82, 2.24) is 0 Å². The minimum absolute atomic E-state index is 0. The topological polar surface area (TPSA) is 74.5 Å². The molecule has 0 aromatic heterocycles. The molecule has 9 heteroatoms. The molecule has 2 aliphatic heterocycles. The second kappa shape index (κ2) is 22.9. The van der Waals surface area contributed by atoms with Gasteiger partial charge in [-0.2, -0.15) is 36.6 Å². The zero-order valence-corrected chi connectivity index (χ0v) is 36.3. The Hall–Kier alpha value is -2.08.